The maximum atomic E-state index is 12.4. The molecule has 0 fully saturated rings. The standard InChI is InChI=1S/C17H17NO2S/c1-17(2)11-10-13-12-15(8-9-16(13)20-17)21(19)18-14-6-4-3-5-7-14/h3-12,18H,1-2H3. The first kappa shape index (κ1) is 13.9. The predicted molar refractivity (Wildman–Crippen MR) is 86.7 cm³/mol. The van der Waals surface area contributed by atoms with Crippen LogP contribution in [-0.2, 0) is 11.0 Å². The fraction of sp³-hybridized carbons (Fsp3) is 0.176. The van der Waals surface area contributed by atoms with Crippen LogP contribution < -0.4 is 9.46 Å². The van der Waals surface area contributed by atoms with E-state index in [0.717, 1.165) is 21.9 Å². The molecule has 21 heavy (non-hydrogen) atoms. The van der Waals surface area contributed by atoms with Crippen LogP contribution in [0.15, 0.2) is 59.5 Å². The van der Waals surface area contributed by atoms with Gasteiger partial charge in [0.05, 0.1) is 4.90 Å². The van der Waals surface area contributed by atoms with Gasteiger partial charge < -0.3 is 9.46 Å². The van der Waals surface area contributed by atoms with Crippen LogP contribution in [0.3, 0.4) is 0 Å². The molecule has 1 heterocycles. The summed E-state index contributed by atoms with van der Waals surface area (Å²) in [6.07, 6.45) is 4.02. The summed E-state index contributed by atoms with van der Waals surface area (Å²) >= 11 is 0. The zero-order valence-electron chi connectivity index (χ0n) is 12.0. The molecular weight excluding hydrogens is 282 g/mol. The van der Waals surface area contributed by atoms with Crippen molar-refractivity contribution in [1.82, 2.24) is 0 Å². The molecule has 0 spiro atoms. The highest BCUT2D eigenvalue weighted by Crippen LogP contribution is 2.32. The van der Waals surface area contributed by atoms with E-state index in [9.17, 15) is 4.21 Å². The first-order chi connectivity index (χ1) is 10.0. The molecule has 4 heteroatoms. The van der Waals surface area contributed by atoms with Crippen molar-refractivity contribution in [3.63, 3.8) is 0 Å². The monoisotopic (exact) mass is 299 g/mol. The molecule has 0 aromatic heterocycles. The highest BCUT2D eigenvalue weighted by molar-refractivity contribution is 7.86. The molecule has 0 bridgehead atoms. The molecule has 1 unspecified atom stereocenters. The van der Waals surface area contributed by atoms with E-state index in [1.807, 2.05) is 74.5 Å². The Morgan fingerprint density at radius 1 is 1.10 bits per heavy atom. The van der Waals surface area contributed by atoms with Crippen molar-refractivity contribution in [2.24, 2.45) is 0 Å². The predicted octanol–water partition coefficient (Wildman–Crippen LogP) is 4.01. The zero-order chi connectivity index (χ0) is 14.9. The van der Waals surface area contributed by atoms with E-state index in [2.05, 4.69) is 4.72 Å². The summed E-state index contributed by atoms with van der Waals surface area (Å²) in [6.45, 7) is 4.02. The first-order valence-corrected chi connectivity index (χ1v) is 7.94. The molecule has 0 saturated heterocycles. The summed E-state index contributed by atoms with van der Waals surface area (Å²) in [5.41, 5.74) is 1.49. The summed E-state index contributed by atoms with van der Waals surface area (Å²) in [5.74, 6) is 0.822. The van der Waals surface area contributed by atoms with Crippen molar-refractivity contribution in [2.45, 2.75) is 24.3 Å². The second kappa shape index (κ2) is 5.37. The lowest BCUT2D eigenvalue weighted by molar-refractivity contribution is 0.159. The van der Waals surface area contributed by atoms with E-state index in [-0.39, 0.29) is 5.60 Å². The molecule has 108 valence electrons. The molecule has 0 aliphatic carbocycles. The first-order valence-electron chi connectivity index (χ1n) is 6.79. The molecule has 1 N–H and O–H groups in total. The van der Waals surface area contributed by atoms with Crippen LogP contribution in [0, 0.1) is 0 Å². The molecule has 1 aliphatic heterocycles. The number of hydrogen-bond donors (Lipinski definition) is 1. The minimum Gasteiger partial charge on any atom is -0.483 e. The number of nitrogens with one attached hydrogen (secondary N) is 1. The summed E-state index contributed by atoms with van der Waals surface area (Å²) in [5, 5.41) is 0. The van der Waals surface area contributed by atoms with Gasteiger partial charge in [-0.3, -0.25) is 0 Å². The summed E-state index contributed by atoms with van der Waals surface area (Å²) in [7, 11) is -1.29. The Balaban J connectivity index is 1.83. The van der Waals surface area contributed by atoms with Crippen molar-refractivity contribution in [3.05, 3.63) is 60.2 Å². The topological polar surface area (TPSA) is 38.3 Å². The van der Waals surface area contributed by atoms with E-state index in [4.69, 9.17) is 4.74 Å². The SMILES string of the molecule is CC1(C)C=Cc2cc(S(=O)Nc3ccccc3)ccc2O1. The fourth-order valence-electron chi connectivity index (χ4n) is 2.15. The van der Waals surface area contributed by atoms with Crippen LogP contribution in [0.25, 0.3) is 6.08 Å². The van der Waals surface area contributed by atoms with E-state index in [1.165, 1.54) is 0 Å². The highest BCUT2D eigenvalue weighted by Gasteiger charge is 2.22. The Morgan fingerprint density at radius 2 is 1.86 bits per heavy atom. The van der Waals surface area contributed by atoms with Crippen molar-refractivity contribution in [2.75, 3.05) is 4.72 Å². The lowest BCUT2D eigenvalue weighted by Crippen LogP contribution is -2.27. The van der Waals surface area contributed by atoms with E-state index < -0.39 is 11.0 Å². The highest BCUT2D eigenvalue weighted by atomic mass is 32.2. The Hall–Kier alpha value is -2.07. The van der Waals surface area contributed by atoms with Gasteiger partial charge in [0, 0.05) is 11.3 Å². The van der Waals surface area contributed by atoms with Crippen molar-refractivity contribution in [1.29, 1.82) is 0 Å². The molecule has 2 aromatic carbocycles. The van der Waals surface area contributed by atoms with Crippen LogP contribution in [0.4, 0.5) is 5.69 Å². The number of rotatable bonds is 3. The molecule has 0 radical (unpaired) electrons. The van der Waals surface area contributed by atoms with Gasteiger partial charge in [-0.05, 0) is 50.3 Å². The van der Waals surface area contributed by atoms with Crippen molar-refractivity contribution in [3.8, 4) is 5.75 Å². The van der Waals surface area contributed by atoms with Crippen LogP contribution in [0.5, 0.6) is 5.75 Å². The Labute approximate surface area is 127 Å². The van der Waals surface area contributed by atoms with Gasteiger partial charge in [0.1, 0.15) is 22.3 Å². The van der Waals surface area contributed by atoms with Crippen LogP contribution in [-0.4, -0.2) is 9.81 Å². The third kappa shape index (κ3) is 3.16. The average molecular weight is 299 g/mol. The third-order valence-corrected chi connectivity index (χ3v) is 4.32. The smallest absolute Gasteiger partial charge is 0.150 e. The van der Waals surface area contributed by atoms with Gasteiger partial charge in [0.2, 0.25) is 0 Å². The average Bonchev–Trinajstić information content (AvgIpc) is 2.47. The van der Waals surface area contributed by atoms with Gasteiger partial charge >= 0.3 is 0 Å². The fourth-order valence-corrected chi connectivity index (χ4v) is 3.04. The molecular formula is C17H17NO2S. The van der Waals surface area contributed by atoms with Gasteiger partial charge in [0.15, 0.2) is 0 Å². The maximum Gasteiger partial charge on any atom is 0.150 e. The number of para-hydroxylation sites is 1. The molecule has 1 aliphatic rings. The normalized spacial score (nSPS) is 16.7. The molecule has 0 amide bonds. The Morgan fingerprint density at radius 3 is 2.62 bits per heavy atom. The molecule has 2 aromatic rings. The summed E-state index contributed by atoms with van der Waals surface area (Å²) < 4.78 is 21.2. The second-order valence-electron chi connectivity index (χ2n) is 5.48. The van der Waals surface area contributed by atoms with E-state index in [0.29, 0.717) is 0 Å². The van der Waals surface area contributed by atoms with Gasteiger partial charge in [-0.15, -0.1) is 0 Å². The quantitative estimate of drug-likeness (QED) is 0.930. The molecule has 3 nitrogen and oxygen atoms in total. The minimum absolute atomic E-state index is 0.296. The zero-order valence-corrected chi connectivity index (χ0v) is 12.8. The number of ether oxygens (including phenoxy) is 1. The number of hydrogen-bond acceptors (Lipinski definition) is 2. The molecule has 0 saturated carbocycles. The Bertz CT molecular complexity index is 708. The van der Waals surface area contributed by atoms with Crippen molar-refractivity contribution < 1.29 is 8.95 Å². The van der Waals surface area contributed by atoms with Crippen LogP contribution >= 0.6 is 0 Å². The van der Waals surface area contributed by atoms with Crippen LogP contribution in [0.1, 0.15) is 19.4 Å². The number of anilines is 1. The summed E-state index contributed by atoms with van der Waals surface area (Å²) in [6, 6.07) is 15.1. The maximum absolute atomic E-state index is 12.4. The van der Waals surface area contributed by atoms with Gasteiger partial charge in [-0.2, -0.15) is 0 Å². The number of benzene rings is 2. The number of fused-ring (bicyclic) bond motifs is 1. The molecule has 1 atom stereocenters. The minimum atomic E-state index is -1.29. The third-order valence-electron chi connectivity index (χ3n) is 3.22. The van der Waals surface area contributed by atoms with Gasteiger partial charge in [0.25, 0.3) is 0 Å². The Kier molecular flexibility index (Phi) is 3.55. The van der Waals surface area contributed by atoms with Gasteiger partial charge in [-0.1, -0.05) is 24.3 Å². The second-order valence-corrected chi connectivity index (χ2v) is 6.69. The summed E-state index contributed by atoms with van der Waals surface area (Å²) in [4.78, 5) is 0.727. The van der Waals surface area contributed by atoms with E-state index in [1.54, 1.807) is 0 Å². The van der Waals surface area contributed by atoms with Crippen LogP contribution in [0.2, 0.25) is 0 Å². The lowest BCUT2D eigenvalue weighted by atomic mass is 10.0. The van der Waals surface area contributed by atoms with E-state index >= 15 is 0 Å². The van der Waals surface area contributed by atoms with Gasteiger partial charge in [-0.25, -0.2) is 4.21 Å². The lowest BCUT2D eigenvalue weighted by Gasteiger charge is -2.27. The largest absolute Gasteiger partial charge is 0.483 e. The molecule has 3 rings (SSSR count). The van der Waals surface area contributed by atoms with Crippen molar-refractivity contribution >= 4 is 22.7 Å².